The maximum atomic E-state index is 11.1. The van der Waals surface area contributed by atoms with E-state index in [0.717, 1.165) is 36.8 Å². The molecule has 0 radical (unpaired) electrons. The molecule has 0 aliphatic carbocycles. The summed E-state index contributed by atoms with van der Waals surface area (Å²) < 4.78 is 5.05. The Kier molecular flexibility index (Phi) is 11.7. The minimum Gasteiger partial charge on any atom is -0.497 e. The third-order valence-corrected chi connectivity index (χ3v) is 5.02. The molecule has 1 unspecified atom stereocenters. The fraction of sp³-hybridized carbons (Fsp3) is 0.542. The van der Waals surface area contributed by atoms with E-state index in [1.807, 2.05) is 36.5 Å². The van der Waals surface area contributed by atoms with E-state index in [-0.39, 0.29) is 11.8 Å². The standard InChI is InChI=1S/C14H24N4O.C10H14O/c1-6-18(7-2)14-15-8-13(9-16-14)12(4)17(5)10-11(3)19;1-3-4-9-5-7-10(11-2)8-6-9/h8-9,12H,6-7,10H2,1-5H3;5-8H,3-4H2,1-2H3. The highest BCUT2D eigenvalue weighted by Crippen LogP contribution is 2.18. The van der Waals surface area contributed by atoms with Gasteiger partial charge in [-0.3, -0.25) is 9.69 Å². The fourth-order valence-corrected chi connectivity index (χ4v) is 3.04. The van der Waals surface area contributed by atoms with Crippen LogP contribution >= 0.6 is 0 Å². The van der Waals surface area contributed by atoms with Crippen LogP contribution in [0.3, 0.4) is 0 Å². The van der Waals surface area contributed by atoms with Gasteiger partial charge in [0.25, 0.3) is 0 Å². The van der Waals surface area contributed by atoms with Crippen LogP contribution < -0.4 is 9.64 Å². The molecule has 0 bridgehead atoms. The Morgan fingerprint density at radius 1 is 1.07 bits per heavy atom. The van der Waals surface area contributed by atoms with E-state index in [1.54, 1.807) is 14.0 Å². The van der Waals surface area contributed by atoms with E-state index in [2.05, 4.69) is 54.7 Å². The summed E-state index contributed by atoms with van der Waals surface area (Å²) in [6.07, 6.45) is 6.06. The molecule has 1 atom stereocenters. The van der Waals surface area contributed by atoms with Gasteiger partial charge in [-0.25, -0.2) is 9.97 Å². The van der Waals surface area contributed by atoms with Crippen molar-refractivity contribution in [2.24, 2.45) is 0 Å². The van der Waals surface area contributed by atoms with Crippen LogP contribution in [0.4, 0.5) is 5.95 Å². The number of hydrogen-bond donors (Lipinski definition) is 0. The van der Waals surface area contributed by atoms with Crippen molar-refractivity contribution in [3.05, 3.63) is 47.8 Å². The van der Waals surface area contributed by atoms with Gasteiger partial charge in [0.15, 0.2) is 0 Å². The van der Waals surface area contributed by atoms with Crippen LogP contribution in [0.2, 0.25) is 0 Å². The van der Waals surface area contributed by atoms with Crippen LogP contribution in [-0.4, -0.2) is 54.4 Å². The lowest BCUT2D eigenvalue weighted by molar-refractivity contribution is -0.118. The lowest BCUT2D eigenvalue weighted by Gasteiger charge is -2.24. The Morgan fingerprint density at radius 3 is 2.07 bits per heavy atom. The highest BCUT2D eigenvalue weighted by atomic mass is 16.5. The largest absolute Gasteiger partial charge is 0.497 e. The summed E-state index contributed by atoms with van der Waals surface area (Å²) in [5.41, 5.74) is 2.41. The lowest BCUT2D eigenvalue weighted by atomic mass is 10.1. The molecule has 1 heterocycles. The summed E-state index contributed by atoms with van der Waals surface area (Å²) in [6, 6.07) is 8.37. The predicted octanol–water partition coefficient (Wildman–Crippen LogP) is 4.55. The van der Waals surface area contributed by atoms with Gasteiger partial charge < -0.3 is 9.64 Å². The Hall–Kier alpha value is -2.47. The second-order valence-electron chi connectivity index (χ2n) is 7.38. The summed E-state index contributed by atoms with van der Waals surface area (Å²) >= 11 is 0. The minimum atomic E-state index is 0.134. The van der Waals surface area contributed by atoms with E-state index >= 15 is 0 Å². The zero-order chi connectivity index (χ0) is 22.5. The number of benzene rings is 1. The molecule has 0 spiro atoms. The van der Waals surface area contributed by atoms with E-state index in [0.29, 0.717) is 6.54 Å². The highest BCUT2D eigenvalue weighted by Gasteiger charge is 2.14. The number of aromatic nitrogens is 2. The topological polar surface area (TPSA) is 58.6 Å². The quantitative estimate of drug-likeness (QED) is 0.568. The van der Waals surface area contributed by atoms with Crippen molar-refractivity contribution in [1.29, 1.82) is 0 Å². The van der Waals surface area contributed by atoms with Crippen molar-refractivity contribution < 1.29 is 9.53 Å². The summed E-state index contributed by atoms with van der Waals surface area (Å²) in [4.78, 5) is 24.0. The van der Waals surface area contributed by atoms with Gasteiger partial charge in [0.1, 0.15) is 11.5 Å². The molecule has 6 nitrogen and oxygen atoms in total. The molecule has 30 heavy (non-hydrogen) atoms. The number of ketones is 1. The van der Waals surface area contributed by atoms with Crippen molar-refractivity contribution in [3.8, 4) is 5.75 Å². The molecule has 0 aliphatic heterocycles. The van der Waals surface area contributed by atoms with Crippen molar-refractivity contribution >= 4 is 11.7 Å². The van der Waals surface area contributed by atoms with E-state index in [1.165, 1.54) is 12.0 Å². The molecule has 1 aromatic heterocycles. The number of aryl methyl sites for hydroxylation is 1. The third kappa shape index (κ3) is 8.49. The number of ether oxygens (including phenoxy) is 1. The second kappa shape index (κ2) is 13.7. The van der Waals surface area contributed by atoms with E-state index < -0.39 is 0 Å². The zero-order valence-electron chi connectivity index (χ0n) is 19.7. The van der Waals surface area contributed by atoms with Gasteiger partial charge in [-0.05, 0) is 58.9 Å². The monoisotopic (exact) mass is 414 g/mol. The summed E-state index contributed by atoms with van der Waals surface area (Å²) in [7, 11) is 3.62. The molecule has 1 aromatic carbocycles. The number of nitrogens with zero attached hydrogens (tertiary/aromatic N) is 4. The second-order valence-corrected chi connectivity index (χ2v) is 7.38. The van der Waals surface area contributed by atoms with Gasteiger partial charge in [0.05, 0.1) is 13.7 Å². The zero-order valence-corrected chi connectivity index (χ0v) is 19.7. The average Bonchev–Trinajstić information content (AvgIpc) is 2.75. The lowest BCUT2D eigenvalue weighted by Crippen LogP contribution is -2.28. The number of carbonyl (C=O) groups excluding carboxylic acids is 1. The molecule has 0 aliphatic rings. The van der Waals surface area contributed by atoms with Crippen LogP contribution in [0.25, 0.3) is 0 Å². The number of likely N-dealkylation sites (N-methyl/N-ethyl adjacent to an activating group) is 1. The Labute approximate surface area is 182 Å². The average molecular weight is 415 g/mol. The van der Waals surface area contributed by atoms with Crippen LogP contribution in [0.5, 0.6) is 5.75 Å². The molecular formula is C24H38N4O2. The first-order valence-electron chi connectivity index (χ1n) is 10.8. The number of anilines is 1. The van der Waals surface area contributed by atoms with Gasteiger partial charge in [-0.2, -0.15) is 0 Å². The molecule has 0 N–H and O–H groups in total. The van der Waals surface area contributed by atoms with Crippen LogP contribution in [0, 0.1) is 0 Å². The van der Waals surface area contributed by atoms with E-state index in [4.69, 9.17) is 4.74 Å². The molecule has 0 saturated heterocycles. The van der Waals surface area contributed by atoms with Gasteiger partial charge in [0.2, 0.25) is 5.95 Å². The highest BCUT2D eigenvalue weighted by molar-refractivity contribution is 5.77. The minimum absolute atomic E-state index is 0.134. The number of rotatable bonds is 10. The maximum Gasteiger partial charge on any atom is 0.225 e. The molecule has 2 rings (SSSR count). The predicted molar refractivity (Wildman–Crippen MR) is 124 cm³/mol. The maximum absolute atomic E-state index is 11.1. The molecule has 166 valence electrons. The van der Waals surface area contributed by atoms with Crippen molar-refractivity contribution in [2.45, 2.75) is 53.5 Å². The van der Waals surface area contributed by atoms with Gasteiger partial charge in [-0.15, -0.1) is 0 Å². The van der Waals surface area contributed by atoms with Crippen molar-refractivity contribution in [1.82, 2.24) is 14.9 Å². The van der Waals surface area contributed by atoms with Crippen LogP contribution in [-0.2, 0) is 11.2 Å². The number of methoxy groups -OCH3 is 1. The summed E-state index contributed by atoms with van der Waals surface area (Å²) in [6.45, 7) is 12.3. The first kappa shape index (κ1) is 25.6. The SMILES string of the molecule is CCCc1ccc(OC)cc1.CCN(CC)c1ncc(C(C)N(C)CC(C)=O)cn1. The molecule has 0 amide bonds. The number of carbonyl (C=O) groups is 1. The Bertz CT molecular complexity index is 728. The van der Waals surface area contributed by atoms with Gasteiger partial charge >= 0.3 is 0 Å². The Balaban J connectivity index is 0.000000346. The molecule has 0 saturated carbocycles. The number of hydrogen-bond acceptors (Lipinski definition) is 6. The summed E-state index contributed by atoms with van der Waals surface area (Å²) in [5.74, 6) is 1.86. The normalized spacial score (nSPS) is 11.5. The van der Waals surface area contributed by atoms with Gasteiger partial charge in [0, 0.05) is 37.1 Å². The first-order chi connectivity index (χ1) is 14.4. The van der Waals surface area contributed by atoms with Crippen molar-refractivity contribution in [3.63, 3.8) is 0 Å². The molecular weight excluding hydrogens is 376 g/mol. The first-order valence-corrected chi connectivity index (χ1v) is 10.8. The smallest absolute Gasteiger partial charge is 0.225 e. The summed E-state index contributed by atoms with van der Waals surface area (Å²) in [5, 5.41) is 0. The van der Waals surface area contributed by atoms with Crippen LogP contribution in [0.15, 0.2) is 36.7 Å². The van der Waals surface area contributed by atoms with Gasteiger partial charge in [-0.1, -0.05) is 25.5 Å². The Morgan fingerprint density at radius 2 is 1.63 bits per heavy atom. The third-order valence-electron chi connectivity index (χ3n) is 5.02. The van der Waals surface area contributed by atoms with E-state index in [9.17, 15) is 4.79 Å². The molecule has 0 fully saturated rings. The molecule has 2 aromatic rings. The van der Waals surface area contributed by atoms with Crippen LogP contribution in [0.1, 0.15) is 58.2 Å². The van der Waals surface area contributed by atoms with Crippen molar-refractivity contribution in [2.75, 3.05) is 38.7 Å². The fourth-order valence-electron chi connectivity index (χ4n) is 3.04. The molecule has 6 heteroatoms. The number of Topliss-reactive ketones (excluding diaryl/α,β-unsaturated/α-hetero) is 1.